The Kier molecular flexibility index (Phi) is 6.53. The van der Waals surface area contributed by atoms with Gasteiger partial charge in [-0.05, 0) is 97.0 Å². The predicted molar refractivity (Wildman–Crippen MR) is 212 cm³/mol. The average Bonchev–Trinajstić information content (AvgIpc) is 3.58. The largest absolute Gasteiger partial charge is 0.454 e. The van der Waals surface area contributed by atoms with Crippen LogP contribution in [0.4, 0.5) is 17.1 Å². The van der Waals surface area contributed by atoms with Crippen molar-refractivity contribution >= 4 is 71.3 Å². The van der Waals surface area contributed by atoms with Crippen molar-refractivity contribution < 1.29 is 4.42 Å². The van der Waals surface area contributed by atoms with Crippen molar-refractivity contribution in [1.82, 2.24) is 0 Å². The third kappa shape index (κ3) is 4.57. The highest BCUT2D eigenvalue weighted by molar-refractivity contribution is 6.25. The molecule has 0 saturated heterocycles. The molecule has 0 unspecified atom stereocenters. The Morgan fingerprint density at radius 2 is 0.760 bits per heavy atom. The van der Waals surface area contributed by atoms with Gasteiger partial charge in [-0.3, -0.25) is 0 Å². The lowest BCUT2D eigenvalue weighted by molar-refractivity contribution is 0.669. The Morgan fingerprint density at radius 1 is 0.300 bits per heavy atom. The summed E-state index contributed by atoms with van der Waals surface area (Å²) < 4.78 is 6.47. The summed E-state index contributed by atoms with van der Waals surface area (Å²) in [5.41, 5.74) is 9.72. The van der Waals surface area contributed by atoms with Gasteiger partial charge in [-0.15, -0.1) is 0 Å². The van der Waals surface area contributed by atoms with E-state index in [1.165, 1.54) is 54.6 Å². The van der Waals surface area contributed by atoms with Crippen LogP contribution in [0.5, 0.6) is 0 Å². The van der Waals surface area contributed by atoms with E-state index in [9.17, 15) is 0 Å². The fourth-order valence-electron chi connectivity index (χ4n) is 7.66. The van der Waals surface area contributed by atoms with E-state index < -0.39 is 0 Å². The Labute approximate surface area is 290 Å². The first kappa shape index (κ1) is 28.4. The zero-order valence-electron chi connectivity index (χ0n) is 27.3. The Morgan fingerprint density at radius 3 is 1.42 bits per heavy atom. The van der Waals surface area contributed by atoms with Crippen LogP contribution in [0, 0.1) is 0 Å². The number of hydrogen-bond acceptors (Lipinski definition) is 2. The van der Waals surface area contributed by atoms with Gasteiger partial charge >= 0.3 is 0 Å². The third-order valence-electron chi connectivity index (χ3n) is 10.1. The highest BCUT2D eigenvalue weighted by Gasteiger charge is 2.19. The first-order chi connectivity index (χ1) is 24.8. The van der Waals surface area contributed by atoms with E-state index in [-0.39, 0.29) is 0 Å². The van der Waals surface area contributed by atoms with Gasteiger partial charge < -0.3 is 9.32 Å². The molecule has 1 aromatic heterocycles. The first-order valence-electron chi connectivity index (χ1n) is 17.1. The number of rotatable bonds is 5. The summed E-state index contributed by atoms with van der Waals surface area (Å²) in [6.07, 6.45) is 0. The SMILES string of the molecule is c1ccc(N(c2ccc(-c3ccc(-c4ccc5c6ccccc6c6ccccc6c5c4)cc3)cc2)c2cccc3c2oc2ccccc23)cc1. The number of furan rings is 1. The van der Waals surface area contributed by atoms with E-state index in [1.807, 2.05) is 12.1 Å². The summed E-state index contributed by atoms with van der Waals surface area (Å²) in [6, 6.07) is 67.3. The van der Waals surface area contributed by atoms with Crippen LogP contribution in [0.25, 0.3) is 76.5 Å². The molecule has 0 atom stereocenters. The maximum Gasteiger partial charge on any atom is 0.159 e. The fraction of sp³-hybridized carbons (Fsp3) is 0. The topological polar surface area (TPSA) is 16.4 Å². The molecule has 0 aliphatic heterocycles. The third-order valence-corrected chi connectivity index (χ3v) is 10.1. The fourth-order valence-corrected chi connectivity index (χ4v) is 7.66. The highest BCUT2D eigenvalue weighted by atomic mass is 16.3. The standard InChI is InChI=1S/C48H31NO/c1-2-11-36(12-3-1)49(46-19-10-18-44-43-17-8-9-20-47(43)50-48(44)46)37-28-25-33(26-29-37)32-21-23-34(24-22-32)35-27-30-42-40-15-5-4-13-38(40)39-14-6-7-16-41(39)45(42)31-35/h1-31H. The predicted octanol–water partition coefficient (Wildman–Crippen LogP) is 13.8. The molecular formula is C48H31NO. The van der Waals surface area contributed by atoms with Gasteiger partial charge in [0.15, 0.2) is 5.58 Å². The van der Waals surface area contributed by atoms with E-state index >= 15 is 0 Å². The summed E-state index contributed by atoms with van der Waals surface area (Å²) in [5, 5.41) is 10.0. The number of benzene rings is 9. The van der Waals surface area contributed by atoms with Gasteiger partial charge in [-0.2, -0.15) is 0 Å². The van der Waals surface area contributed by atoms with Gasteiger partial charge in [0.25, 0.3) is 0 Å². The molecule has 0 spiro atoms. The van der Waals surface area contributed by atoms with Gasteiger partial charge in [0, 0.05) is 22.1 Å². The van der Waals surface area contributed by atoms with Crippen molar-refractivity contribution in [3.8, 4) is 22.3 Å². The van der Waals surface area contributed by atoms with Crippen molar-refractivity contribution in [3.63, 3.8) is 0 Å². The molecule has 0 amide bonds. The molecule has 1 heterocycles. The Balaban J connectivity index is 1.01. The molecule has 10 rings (SSSR count). The van der Waals surface area contributed by atoms with Crippen LogP contribution >= 0.6 is 0 Å². The molecule has 0 radical (unpaired) electrons. The molecule has 2 nitrogen and oxygen atoms in total. The minimum atomic E-state index is 0.882. The van der Waals surface area contributed by atoms with Gasteiger partial charge in [0.1, 0.15) is 5.58 Å². The van der Waals surface area contributed by atoms with Gasteiger partial charge in [-0.25, -0.2) is 0 Å². The number of fused-ring (bicyclic) bond motifs is 9. The number of para-hydroxylation sites is 3. The normalized spacial score (nSPS) is 11.6. The molecule has 0 bridgehead atoms. The Bertz CT molecular complexity index is 2810. The second kappa shape index (κ2) is 11.5. The van der Waals surface area contributed by atoms with Crippen LogP contribution in [0.3, 0.4) is 0 Å². The molecule has 10 aromatic rings. The quantitative estimate of drug-likeness (QED) is 0.175. The molecule has 0 fully saturated rings. The zero-order chi connectivity index (χ0) is 33.0. The van der Waals surface area contributed by atoms with Crippen LogP contribution in [0.1, 0.15) is 0 Å². The zero-order valence-corrected chi connectivity index (χ0v) is 27.3. The van der Waals surface area contributed by atoms with E-state index in [0.29, 0.717) is 0 Å². The summed E-state index contributed by atoms with van der Waals surface area (Å²) in [6.45, 7) is 0. The summed E-state index contributed by atoms with van der Waals surface area (Å²) in [5.74, 6) is 0. The molecule has 9 aromatic carbocycles. The molecule has 0 N–H and O–H groups in total. The smallest absolute Gasteiger partial charge is 0.159 e. The van der Waals surface area contributed by atoms with Crippen LogP contribution in [0.15, 0.2) is 192 Å². The first-order valence-corrected chi connectivity index (χ1v) is 17.1. The minimum absolute atomic E-state index is 0.882. The lowest BCUT2D eigenvalue weighted by atomic mass is 9.92. The van der Waals surface area contributed by atoms with Crippen molar-refractivity contribution in [2.24, 2.45) is 0 Å². The van der Waals surface area contributed by atoms with Gasteiger partial charge in [0.2, 0.25) is 0 Å². The lowest BCUT2D eigenvalue weighted by Crippen LogP contribution is -2.10. The maximum atomic E-state index is 6.47. The highest BCUT2D eigenvalue weighted by Crippen LogP contribution is 2.43. The second-order valence-corrected chi connectivity index (χ2v) is 12.9. The van der Waals surface area contributed by atoms with Crippen molar-refractivity contribution in [3.05, 3.63) is 188 Å². The molecule has 0 saturated carbocycles. The lowest BCUT2D eigenvalue weighted by Gasteiger charge is -2.25. The second-order valence-electron chi connectivity index (χ2n) is 12.9. The van der Waals surface area contributed by atoms with E-state index in [0.717, 1.165) is 39.0 Å². The van der Waals surface area contributed by atoms with E-state index in [2.05, 4.69) is 181 Å². The Hall–Kier alpha value is -6.64. The van der Waals surface area contributed by atoms with E-state index in [4.69, 9.17) is 4.42 Å². The van der Waals surface area contributed by atoms with Crippen LogP contribution in [-0.2, 0) is 0 Å². The molecule has 2 heteroatoms. The van der Waals surface area contributed by atoms with Crippen LogP contribution in [-0.4, -0.2) is 0 Å². The molecule has 0 aliphatic carbocycles. The minimum Gasteiger partial charge on any atom is -0.454 e. The van der Waals surface area contributed by atoms with Gasteiger partial charge in [-0.1, -0.05) is 146 Å². The number of nitrogens with zero attached hydrogens (tertiary/aromatic N) is 1. The van der Waals surface area contributed by atoms with Gasteiger partial charge in [0.05, 0.1) is 5.69 Å². The molecule has 50 heavy (non-hydrogen) atoms. The number of hydrogen-bond donors (Lipinski definition) is 0. The number of anilines is 3. The van der Waals surface area contributed by atoms with Crippen molar-refractivity contribution in [1.29, 1.82) is 0 Å². The molecule has 234 valence electrons. The summed E-state index contributed by atoms with van der Waals surface area (Å²) >= 11 is 0. The van der Waals surface area contributed by atoms with Crippen LogP contribution in [0.2, 0.25) is 0 Å². The van der Waals surface area contributed by atoms with Crippen LogP contribution < -0.4 is 4.90 Å². The molecule has 0 aliphatic rings. The monoisotopic (exact) mass is 637 g/mol. The summed E-state index contributed by atoms with van der Waals surface area (Å²) in [4.78, 5) is 2.28. The molecular weight excluding hydrogens is 607 g/mol. The summed E-state index contributed by atoms with van der Waals surface area (Å²) in [7, 11) is 0. The van der Waals surface area contributed by atoms with Crippen molar-refractivity contribution in [2.75, 3.05) is 4.90 Å². The maximum absolute atomic E-state index is 6.47. The van der Waals surface area contributed by atoms with E-state index in [1.54, 1.807) is 0 Å². The average molecular weight is 638 g/mol. The van der Waals surface area contributed by atoms with Crippen molar-refractivity contribution in [2.45, 2.75) is 0 Å².